The molecule has 0 radical (unpaired) electrons. The van der Waals surface area contributed by atoms with Gasteiger partial charge in [-0.3, -0.25) is 0 Å². The third-order valence-electron chi connectivity index (χ3n) is 2.33. The van der Waals surface area contributed by atoms with Crippen LogP contribution < -0.4 is 4.72 Å². The van der Waals surface area contributed by atoms with Gasteiger partial charge in [-0.2, -0.15) is 0 Å². The molecule has 1 aromatic carbocycles. The number of nitrogens with one attached hydrogen (secondary N) is 1. The van der Waals surface area contributed by atoms with E-state index in [0.717, 1.165) is 0 Å². The lowest BCUT2D eigenvalue weighted by atomic mass is 10.1. The quantitative estimate of drug-likeness (QED) is 0.733. The van der Waals surface area contributed by atoms with E-state index in [-0.39, 0.29) is 12.3 Å². The minimum atomic E-state index is -3.49. The first-order chi connectivity index (χ1) is 8.84. The first-order valence-electron chi connectivity index (χ1n) is 5.66. The van der Waals surface area contributed by atoms with Crippen molar-refractivity contribution in [3.8, 4) is 0 Å². The van der Waals surface area contributed by atoms with Crippen LogP contribution in [0.15, 0.2) is 24.3 Å². The van der Waals surface area contributed by atoms with E-state index < -0.39 is 22.1 Å². The molecule has 0 saturated heterocycles. The maximum absolute atomic E-state index is 11.7. The monoisotopic (exact) mass is 287 g/mol. The minimum absolute atomic E-state index is 0.0252. The van der Waals surface area contributed by atoms with E-state index in [0.29, 0.717) is 11.1 Å². The van der Waals surface area contributed by atoms with Crippen molar-refractivity contribution >= 4 is 16.0 Å². The van der Waals surface area contributed by atoms with E-state index in [1.54, 1.807) is 12.1 Å². The van der Waals surface area contributed by atoms with Crippen LogP contribution >= 0.6 is 0 Å². The van der Waals surface area contributed by atoms with Crippen molar-refractivity contribution in [3.63, 3.8) is 0 Å². The molecular weight excluding hydrogens is 270 g/mol. The van der Waals surface area contributed by atoms with Gasteiger partial charge in [0, 0.05) is 6.54 Å². The summed E-state index contributed by atoms with van der Waals surface area (Å²) < 4.78 is 30.2. The van der Waals surface area contributed by atoms with Crippen LogP contribution in [-0.4, -0.2) is 39.3 Å². The molecule has 0 aliphatic carbocycles. The van der Waals surface area contributed by atoms with Crippen LogP contribution in [-0.2, 0) is 20.5 Å². The Hall–Kier alpha value is -1.44. The summed E-state index contributed by atoms with van der Waals surface area (Å²) in [5.74, 6) is -0.678. The lowest BCUT2D eigenvalue weighted by molar-refractivity contribution is 0.0600. The van der Waals surface area contributed by atoms with Crippen LogP contribution in [0.1, 0.15) is 22.8 Å². The standard InChI is InChI=1S/C12H17NO5S/c1-9(14)7-13-19(16,17)8-10-3-5-11(6-4-10)12(15)18-2/h3-6,9,13-14H,7-8H2,1-2H3/t9-/m0/s1. The summed E-state index contributed by atoms with van der Waals surface area (Å²) in [5.41, 5.74) is 0.909. The van der Waals surface area contributed by atoms with Gasteiger partial charge in [0.2, 0.25) is 10.0 Å². The zero-order chi connectivity index (χ0) is 14.5. The molecule has 7 heteroatoms. The number of sulfonamides is 1. The highest BCUT2D eigenvalue weighted by Gasteiger charge is 2.13. The fourth-order valence-corrected chi connectivity index (χ4v) is 2.60. The van der Waals surface area contributed by atoms with Crippen molar-refractivity contribution in [2.24, 2.45) is 0 Å². The Kier molecular flexibility index (Phi) is 5.46. The fraction of sp³-hybridized carbons (Fsp3) is 0.417. The minimum Gasteiger partial charge on any atom is -0.465 e. The van der Waals surface area contributed by atoms with Crippen molar-refractivity contribution in [2.45, 2.75) is 18.8 Å². The number of hydrogen-bond acceptors (Lipinski definition) is 5. The third-order valence-corrected chi connectivity index (χ3v) is 3.65. The molecule has 0 fully saturated rings. The molecule has 1 atom stereocenters. The Labute approximate surface area is 112 Å². The normalized spacial score (nSPS) is 13.0. The molecule has 6 nitrogen and oxygen atoms in total. The zero-order valence-corrected chi connectivity index (χ0v) is 11.6. The number of ether oxygens (including phenoxy) is 1. The number of esters is 1. The number of aliphatic hydroxyl groups excluding tert-OH is 1. The van der Waals surface area contributed by atoms with Crippen molar-refractivity contribution in [3.05, 3.63) is 35.4 Å². The van der Waals surface area contributed by atoms with E-state index in [1.165, 1.54) is 26.2 Å². The van der Waals surface area contributed by atoms with E-state index >= 15 is 0 Å². The highest BCUT2D eigenvalue weighted by molar-refractivity contribution is 7.88. The second-order valence-corrected chi connectivity index (χ2v) is 5.95. The van der Waals surface area contributed by atoms with Crippen molar-refractivity contribution in [1.29, 1.82) is 0 Å². The molecule has 0 saturated carbocycles. The number of hydrogen-bond donors (Lipinski definition) is 2. The van der Waals surface area contributed by atoms with Gasteiger partial charge >= 0.3 is 5.97 Å². The average Bonchev–Trinajstić information content (AvgIpc) is 2.36. The molecule has 0 aromatic heterocycles. The number of carbonyl (C=O) groups is 1. The summed E-state index contributed by atoms with van der Waals surface area (Å²) in [7, 11) is -2.22. The maximum atomic E-state index is 11.7. The smallest absolute Gasteiger partial charge is 0.337 e. The van der Waals surface area contributed by atoms with Gasteiger partial charge in [0.1, 0.15) is 0 Å². The maximum Gasteiger partial charge on any atom is 0.337 e. The molecule has 1 aromatic rings. The third kappa shape index (κ3) is 5.37. The molecule has 1 rings (SSSR count). The SMILES string of the molecule is COC(=O)c1ccc(CS(=O)(=O)NC[C@H](C)O)cc1. The van der Waals surface area contributed by atoms with Crippen LogP contribution in [0.5, 0.6) is 0 Å². The Morgan fingerprint density at radius 2 is 1.95 bits per heavy atom. The van der Waals surface area contributed by atoms with Gasteiger partial charge in [-0.05, 0) is 24.6 Å². The molecule has 19 heavy (non-hydrogen) atoms. The Morgan fingerprint density at radius 3 is 2.42 bits per heavy atom. The van der Waals surface area contributed by atoms with E-state index in [9.17, 15) is 13.2 Å². The number of benzene rings is 1. The molecular formula is C12H17NO5S. The summed E-state index contributed by atoms with van der Waals surface area (Å²) in [4.78, 5) is 11.2. The largest absolute Gasteiger partial charge is 0.465 e. The summed E-state index contributed by atoms with van der Waals surface area (Å²) in [6, 6.07) is 6.11. The number of methoxy groups -OCH3 is 1. The molecule has 0 unspecified atom stereocenters. The van der Waals surface area contributed by atoms with Crippen molar-refractivity contribution in [1.82, 2.24) is 4.72 Å². The van der Waals surface area contributed by atoms with Crippen LogP contribution in [0.2, 0.25) is 0 Å². The Bertz CT molecular complexity index is 522. The molecule has 0 aliphatic heterocycles. The van der Waals surface area contributed by atoms with Crippen LogP contribution in [0.4, 0.5) is 0 Å². The van der Waals surface area contributed by atoms with Crippen molar-refractivity contribution in [2.75, 3.05) is 13.7 Å². The molecule has 0 amide bonds. The van der Waals surface area contributed by atoms with Crippen LogP contribution in [0.3, 0.4) is 0 Å². The number of rotatable bonds is 6. The lowest BCUT2D eigenvalue weighted by Crippen LogP contribution is -2.31. The van der Waals surface area contributed by atoms with E-state index in [2.05, 4.69) is 9.46 Å². The summed E-state index contributed by atoms with van der Waals surface area (Å²) in [6.45, 7) is 1.47. The van der Waals surface area contributed by atoms with Gasteiger partial charge in [-0.25, -0.2) is 17.9 Å². The average molecular weight is 287 g/mol. The van der Waals surface area contributed by atoms with Gasteiger partial charge < -0.3 is 9.84 Å². The molecule has 2 N–H and O–H groups in total. The van der Waals surface area contributed by atoms with Gasteiger partial charge in [0.05, 0.1) is 24.5 Å². The fourth-order valence-electron chi connectivity index (χ4n) is 1.37. The topological polar surface area (TPSA) is 92.7 Å². The lowest BCUT2D eigenvalue weighted by Gasteiger charge is -2.08. The Morgan fingerprint density at radius 1 is 1.37 bits per heavy atom. The highest BCUT2D eigenvalue weighted by Crippen LogP contribution is 2.08. The Balaban J connectivity index is 2.70. The van der Waals surface area contributed by atoms with Gasteiger partial charge in [0.25, 0.3) is 0 Å². The second-order valence-electron chi connectivity index (χ2n) is 4.15. The molecule has 0 bridgehead atoms. The summed E-state index contributed by atoms with van der Waals surface area (Å²) in [6.07, 6.45) is -0.739. The van der Waals surface area contributed by atoms with Crippen molar-refractivity contribution < 1.29 is 23.1 Å². The van der Waals surface area contributed by atoms with Gasteiger partial charge in [-0.1, -0.05) is 12.1 Å². The van der Waals surface area contributed by atoms with Crippen LogP contribution in [0.25, 0.3) is 0 Å². The van der Waals surface area contributed by atoms with Gasteiger partial charge in [-0.15, -0.1) is 0 Å². The summed E-state index contributed by atoms with van der Waals surface area (Å²) >= 11 is 0. The van der Waals surface area contributed by atoms with Gasteiger partial charge in [0.15, 0.2) is 0 Å². The van der Waals surface area contributed by atoms with Crippen LogP contribution in [0, 0.1) is 0 Å². The molecule has 0 spiro atoms. The second kappa shape index (κ2) is 6.65. The molecule has 106 valence electrons. The highest BCUT2D eigenvalue weighted by atomic mass is 32.2. The molecule has 0 heterocycles. The van der Waals surface area contributed by atoms with E-state index in [4.69, 9.17) is 5.11 Å². The number of aliphatic hydroxyl groups is 1. The first-order valence-corrected chi connectivity index (χ1v) is 7.32. The van der Waals surface area contributed by atoms with E-state index in [1.807, 2.05) is 0 Å². The molecule has 0 aliphatic rings. The summed E-state index contributed by atoms with van der Waals surface area (Å²) in [5, 5.41) is 9.03. The predicted octanol–water partition coefficient (Wildman–Crippen LogP) is 0.273. The predicted molar refractivity (Wildman–Crippen MR) is 70.1 cm³/mol. The zero-order valence-electron chi connectivity index (χ0n) is 10.8. The first kappa shape index (κ1) is 15.6. The number of carbonyl (C=O) groups excluding carboxylic acids is 1.